The van der Waals surface area contributed by atoms with Gasteiger partial charge in [0.25, 0.3) is 0 Å². The molecular weight excluding hydrogens is 369 g/mol. The highest BCUT2D eigenvalue weighted by Gasteiger charge is 2.23. The van der Waals surface area contributed by atoms with Gasteiger partial charge >= 0.3 is 0 Å². The number of halogens is 1. The Balaban J connectivity index is 1.29. The number of nitrogens with one attached hydrogen (secondary N) is 3. The molecule has 6 nitrogen and oxygen atoms in total. The summed E-state index contributed by atoms with van der Waals surface area (Å²) in [5.41, 5.74) is 4.15. The van der Waals surface area contributed by atoms with Crippen molar-refractivity contribution in [1.82, 2.24) is 15.6 Å². The lowest BCUT2D eigenvalue weighted by Crippen LogP contribution is -2.44. The van der Waals surface area contributed by atoms with Crippen molar-refractivity contribution < 1.29 is 9.18 Å². The predicted octanol–water partition coefficient (Wildman–Crippen LogP) is 2.60. The van der Waals surface area contributed by atoms with Gasteiger partial charge in [0, 0.05) is 42.9 Å². The van der Waals surface area contributed by atoms with Crippen LogP contribution in [0.5, 0.6) is 0 Å². The molecule has 0 radical (unpaired) electrons. The lowest BCUT2D eigenvalue weighted by atomic mass is 10.1. The minimum atomic E-state index is -0.245. The third kappa shape index (κ3) is 4.08. The number of amides is 1. The van der Waals surface area contributed by atoms with E-state index in [1.807, 2.05) is 29.3 Å². The molecule has 3 aromatic rings. The molecule has 0 saturated heterocycles. The summed E-state index contributed by atoms with van der Waals surface area (Å²) in [5, 5.41) is 7.18. The lowest BCUT2D eigenvalue weighted by Gasteiger charge is -2.18. The van der Waals surface area contributed by atoms with Crippen LogP contribution < -0.4 is 15.5 Å². The molecule has 150 valence electrons. The minimum Gasteiger partial charge on any atom is -0.361 e. The van der Waals surface area contributed by atoms with Crippen LogP contribution in [0, 0.1) is 5.82 Å². The summed E-state index contributed by atoms with van der Waals surface area (Å²) in [6.45, 7) is 1.50. The van der Waals surface area contributed by atoms with Crippen LogP contribution in [-0.4, -0.2) is 43.5 Å². The zero-order chi connectivity index (χ0) is 20.2. The van der Waals surface area contributed by atoms with Gasteiger partial charge in [-0.15, -0.1) is 0 Å². The van der Waals surface area contributed by atoms with Gasteiger partial charge in [-0.05, 0) is 48.2 Å². The topological polar surface area (TPSA) is 72.5 Å². The van der Waals surface area contributed by atoms with Crippen molar-refractivity contribution in [3.05, 3.63) is 65.6 Å². The maximum atomic E-state index is 13.5. The Hall–Kier alpha value is -3.35. The molecule has 1 aromatic heterocycles. The van der Waals surface area contributed by atoms with Gasteiger partial charge in [-0.3, -0.25) is 9.79 Å². The Kier molecular flexibility index (Phi) is 5.46. The molecule has 1 aliphatic heterocycles. The summed E-state index contributed by atoms with van der Waals surface area (Å²) in [7, 11) is 1.67. The van der Waals surface area contributed by atoms with Crippen molar-refractivity contribution in [2.45, 2.75) is 12.8 Å². The predicted molar refractivity (Wildman–Crippen MR) is 114 cm³/mol. The highest BCUT2D eigenvalue weighted by atomic mass is 19.1. The number of anilines is 1. The third-order valence-electron chi connectivity index (χ3n) is 5.24. The van der Waals surface area contributed by atoms with Gasteiger partial charge in [0.2, 0.25) is 5.91 Å². The highest BCUT2D eigenvalue weighted by molar-refractivity contribution is 5.98. The number of carbonyl (C=O) groups excluding carboxylic acids is 1. The smallest absolute Gasteiger partial charge is 0.246 e. The molecule has 7 heteroatoms. The van der Waals surface area contributed by atoms with Crippen LogP contribution in [0.2, 0.25) is 0 Å². The number of benzene rings is 2. The number of aromatic nitrogens is 1. The summed E-state index contributed by atoms with van der Waals surface area (Å²) in [5.74, 6) is 0.340. The van der Waals surface area contributed by atoms with Crippen LogP contribution in [0.4, 0.5) is 10.1 Å². The number of fused-ring (bicyclic) bond motifs is 2. The molecule has 2 aromatic carbocycles. The Bertz CT molecular complexity index is 1060. The fourth-order valence-electron chi connectivity index (χ4n) is 3.75. The first-order valence-corrected chi connectivity index (χ1v) is 9.74. The van der Waals surface area contributed by atoms with Crippen molar-refractivity contribution in [2.75, 3.05) is 31.6 Å². The molecule has 0 spiro atoms. The molecule has 0 atom stereocenters. The number of carbonyl (C=O) groups is 1. The van der Waals surface area contributed by atoms with Crippen molar-refractivity contribution >= 4 is 28.5 Å². The quantitative estimate of drug-likeness (QED) is 0.461. The number of aromatic amines is 1. The lowest BCUT2D eigenvalue weighted by molar-refractivity contribution is -0.117. The monoisotopic (exact) mass is 393 g/mol. The molecule has 1 aliphatic rings. The largest absolute Gasteiger partial charge is 0.361 e. The van der Waals surface area contributed by atoms with E-state index in [4.69, 9.17) is 0 Å². The van der Waals surface area contributed by atoms with E-state index < -0.39 is 0 Å². The molecule has 0 unspecified atom stereocenters. The number of aliphatic imine (C=N–C) groups is 1. The van der Waals surface area contributed by atoms with E-state index in [1.165, 1.54) is 11.6 Å². The first-order chi connectivity index (χ1) is 14.2. The second kappa shape index (κ2) is 8.34. The van der Waals surface area contributed by atoms with Gasteiger partial charge in [-0.25, -0.2) is 4.39 Å². The van der Waals surface area contributed by atoms with Gasteiger partial charge in [0.05, 0.1) is 6.54 Å². The van der Waals surface area contributed by atoms with E-state index >= 15 is 0 Å². The molecule has 3 N–H and O–H groups in total. The van der Waals surface area contributed by atoms with E-state index in [2.05, 4.69) is 26.7 Å². The highest BCUT2D eigenvalue weighted by Crippen LogP contribution is 2.27. The zero-order valence-corrected chi connectivity index (χ0v) is 16.3. The average molecular weight is 393 g/mol. The maximum absolute atomic E-state index is 13.5. The van der Waals surface area contributed by atoms with Crippen LogP contribution in [-0.2, 0) is 17.6 Å². The van der Waals surface area contributed by atoms with Crippen LogP contribution >= 0.6 is 0 Å². The van der Waals surface area contributed by atoms with Crippen LogP contribution in [0.25, 0.3) is 10.9 Å². The molecule has 0 bridgehead atoms. The first kappa shape index (κ1) is 19.0. The number of para-hydroxylation sites is 1. The van der Waals surface area contributed by atoms with E-state index in [-0.39, 0.29) is 18.3 Å². The average Bonchev–Trinajstić information content (AvgIpc) is 3.34. The van der Waals surface area contributed by atoms with E-state index in [0.717, 1.165) is 28.6 Å². The zero-order valence-electron chi connectivity index (χ0n) is 16.3. The van der Waals surface area contributed by atoms with E-state index in [9.17, 15) is 9.18 Å². The van der Waals surface area contributed by atoms with Gasteiger partial charge in [0.15, 0.2) is 5.96 Å². The molecule has 0 fully saturated rings. The van der Waals surface area contributed by atoms with Crippen LogP contribution in [0.1, 0.15) is 11.1 Å². The summed E-state index contributed by atoms with van der Waals surface area (Å²) >= 11 is 0. The summed E-state index contributed by atoms with van der Waals surface area (Å²) < 4.78 is 13.5. The number of hydrogen-bond acceptors (Lipinski definition) is 2. The summed E-state index contributed by atoms with van der Waals surface area (Å²) in [4.78, 5) is 21.8. The Morgan fingerprint density at radius 1 is 1.24 bits per heavy atom. The van der Waals surface area contributed by atoms with Crippen molar-refractivity contribution in [3.63, 3.8) is 0 Å². The number of guanidine groups is 1. The van der Waals surface area contributed by atoms with Crippen molar-refractivity contribution in [1.29, 1.82) is 0 Å². The Morgan fingerprint density at radius 3 is 2.97 bits per heavy atom. The SMILES string of the molecule is CN=C(NCCc1c[nH]c2ccc(F)cc12)NCC(=O)N1CCc2ccccc21. The third-order valence-corrected chi connectivity index (χ3v) is 5.24. The molecule has 0 aliphatic carbocycles. The number of H-pyrrole nitrogens is 1. The molecule has 4 rings (SSSR count). The van der Waals surface area contributed by atoms with Crippen LogP contribution in [0.3, 0.4) is 0 Å². The van der Waals surface area contributed by atoms with Crippen molar-refractivity contribution in [2.24, 2.45) is 4.99 Å². The normalized spacial score (nSPS) is 13.6. The van der Waals surface area contributed by atoms with Gasteiger partial charge in [-0.1, -0.05) is 18.2 Å². The first-order valence-electron chi connectivity index (χ1n) is 9.74. The van der Waals surface area contributed by atoms with Crippen molar-refractivity contribution in [3.8, 4) is 0 Å². The van der Waals surface area contributed by atoms with Gasteiger partial charge in [-0.2, -0.15) is 0 Å². The fraction of sp³-hybridized carbons (Fsp3) is 0.273. The fourth-order valence-corrected chi connectivity index (χ4v) is 3.75. The summed E-state index contributed by atoms with van der Waals surface area (Å²) in [6, 6.07) is 12.7. The number of rotatable bonds is 5. The number of nitrogens with zero attached hydrogens (tertiary/aromatic N) is 2. The summed E-state index contributed by atoms with van der Waals surface area (Å²) in [6.07, 6.45) is 3.49. The minimum absolute atomic E-state index is 0.0185. The number of hydrogen-bond donors (Lipinski definition) is 3. The maximum Gasteiger partial charge on any atom is 0.246 e. The second-order valence-corrected chi connectivity index (χ2v) is 7.03. The van der Waals surface area contributed by atoms with Gasteiger partial charge < -0.3 is 20.5 Å². The Labute approximate surface area is 168 Å². The van der Waals surface area contributed by atoms with E-state index in [0.29, 0.717) is 25.5 Å². The standard InChI is InChI=1S/C22H24FN5O/c1-24-22(25-10-8-16-13-26-19-7-6-17(23)12-18(16)19)27-14-21(29)28-11-9-15-4-2-3-5-20(15)28/h2-7,12-13,26H,8-11,14H2,1H3,(H2,24,25,27). The Morgan fingerprint density at radius 2 is 2.10 bits per heavy atom. The molecular formula is C22H24FN5O. The molecule has 1 amide bonds. The van der Waals surface area contributed by atoms with Crippen LogP contribution in [0.15, 0.2) is 53.7 Å². The molecule has 29 heavy (non-hydrogen) atoms. The molecule has 0 saturated carbocycles. The van der Waals surface area contributed by atoms with Gasteiger partial charge in [0.1, 0.15) is 5.82 Å². The second-order valence-electron chi connectivity index (χ2n) is 7.03. The molecule has 2 heterocycles. The van der Waals surface area contributed by atoms with E-state index in [1.54, 1.807) is 19.2 Å².